The molecule has 23 heavy (non-hydrogen) atoms. The molecule has 0 aliphatic carbocycles. The molecule has 1 saturated heterocycles. The van der Waals surface area contributed by atoms with Gasteiger partial charge in [-0.05, 0) is 17.2 Å². The van der Waals surface area contributed by atoms with E-state index in [0.717, 1.165) is 15.4 Å². The fraction of sp³-hybridized carbons (Fsp3) is 0.118. The Kier molecular flexibility index (Phi) is 4.12. The fourth-order valence-corrected chi connectivity index (χ4v) is 2.59. The average molecular weight is 329 g/mol. The highest BCUT2D eigenvalue weighted by molar-refractivity contribution is 6.44. The molecule has 6 heteroatoms. The lowest BCUT2D eigenvalue weighted by molar-refractivity contribution is -0.143. The van der Waals surface area contributed by atoms with Crippen LogP contribution in [0.25, 0.3) is 0 Å². The van der Waals surface area contributed by atoms with Gasteiger partial charge in [-0.15, -0.1) is 0 Å². The molecule has 0 spiro atoms. The van der Waals surface area contributed by atoms with Crippen LogP contribution in [-0.2, 0) is 22.7 Å². The molecule has 5 nitrogen and oxygen atoms in total. The standard InChI is InChI=1S/C17H13ClN2O3/c18-14-9-5-4-8-13(14)11-20-16(22)15(21)19(17(20)23)10-12-6-2-1-3-7-12/h1-9H,10-11H2. The number of rotatable bonds is 4. The molecule has 1 heterocycles. The van der Waals surface area contributed by atoms with E-state index in [-0.39, 0.29) is 13.1 Å². The molecule has 1 aliphatic rings. The minimum Gasteiger partial charge on any atom is -0.263 e. The number of nitrogens with zero attached hydrogens (tertiary/aromatic N) is 2. The smallest absolute Gasteiger partial charge is 0.263 e. The van der Waals surface area contributed by atoms with E-state index >= 15 is 0 Å². The molecule has 1 fully saturated rings. The highest BCUT2D eigenvalue weighted by Crippen LogP contribution is 2.22. The van der Waals surface area contributed by atoms with E-state index < -0.39 is 17.8 Å². The molecule has 0 atom stereocenters. The summed E-state index contributed by atoms with van der Waals surface area (Å²) in [6.07, 6.45) is 0. The summed E-state index contributed by atoms with van der Waals surface area (Å²) in [4.78, 5) is 38.5. The summed E-state index contributed by atoms with van der Waals surface area (Å²) in [5.41, 5.74) is 1.40. The Bertz CT molecular complexity index is 776. The predicted molar refractivity (Wildman–Crippen MR) is 84.4 cm³/mol. The minimum atomic E-state index is -0.828. The molecule has 1 aliphatic heterocycles. The van der Waals surface area contributed by atoms with Crippen LogP contribution in [-0.4, -0.2) is 27.6 Å². The van der Waals surface area contributed by atoms with E-state index in [4.69, 9.17) is 11.6 Å². The van der Waals surface area contributed by atoms with E-state index in [1.165, 1.54) is 0 Å². The SMILES string of the molecule is O=C1C(=O)N(Cc2ccccc2Cl)C(=O)N1Cc1ccccc1. The quantitative estimate of drug-likeness (QED) is 0.640. The van der Waals surface area contributed by atoms with Crippen molar-refractivity contribution in [3.8, 4) is 0 Å². The molecule has 2 aromatic carbocycles. The Hall–Kier alpha value is -2.66. The van der Waals surface area contributed by atoms with Gasteiger partial charge in [0.1, 0.15) is 0 Å². The number of hydrogen-bond acceptors (Lipinski definition) is 3. The van der Waals surface area contributed by atoms with Crippen molar-refractivity contribution in [2.45, 2.75) is 13.1 Å². The van der Waals surface area contributed by atoms with Crippen molar-refractivity contribution in [3.63, 3.8) is 0 Å². The Balaban J connectivity index is 1.81. The average Bonchev–Trinajstić information content (AvgIpc) is 2.76. The molecule has 0 aromatic heterocycles. The zero-order chi connectivity index (χ0) is 16.4. The van der Waals surface area contributed by atoms with Crippen molar-refractivity contribution in [1.29, 1.82) is 0 Å². The number of carbonyl (C=O) groups is 3. The van der Waals surface area contributed by atoms with Gasteiger partial charge in [0.25, 0.3) is 0 Å². The van der Waals surface area contributed by atoms with Crippen molar-refractivity contribution in [1.82, 2.24) is 9.80 Å². The lowest BCUT2D eigenvalue weighted by atomic mass is 10.2. The van der Waals surface area contributed by atoms with Crippen LogP contribution in [0.2, 0.25) is 5.02 Å². The third-order valence-electron chi connectivity index (χ3n) is 3.60. The Morgan fingerprint density at radius 2 is 1.30 bits per heavy atom. The normalized spacial score (nSPS) is 14.7. The second kappa shape index (κ2) is 6.22. The molecular formula is C17H13ClN2O3. The highest BCUT2D eigenvalue weighted by Gasteiger charge is 2.44. The van der Waals surface area contributed by atoms with Gasteiger partial charge >= 0.3 is 17.8 Å². The topological polar surface area (TPSA) is 57.7 Å². The molecule has 0 N–H and O–H groups in total. The van der Waals surface area contributed by atoms with Crippen LogP contribution in [0.15, 0.2) is 54.6 Å². The summed E-state index contributed by atoms with van der Waals surface area (Å²) in [6.45, 7) is 0.0532. The number of amides is 4. The van der Waals surface area contributed by atoms with Gasteiger partial charge in [0.05, 0.1) is 13.1 Å². The first-order chi connectivity index (χ1) is 11.1. The molecule has 0 bridgehead atoms. The van der Waals surface area contributed by atoms with Gasteiger partial charge in [0, 0.05) is 5.02 Å². The Labute approximate surface area is 138 Å². The van der Waals surface area contributed by atoms with Crippen LogP contribution in [0.4, 0.5) is 4.79 Å². The summed E-state index contributed by atoms with van der Waals surface area (Å²) in [6, 6.07) is 15.3. The molecule has 4 amide bonds. The maximum absolute atomic E-state index is 12.4. The number of hydrogen-bond donors (Lipinski definition) is 0. The van der Waals surface area contributed by atoms with Gasteiger partial charge < -0.3 is 0 Å². The van der Waals surface area contributed by atoms with E-state index in [1.807, 2.05) is 18.2 Å². The monoisotopic (exact) mass is 328 g/mol. The Morgan fingerprint density at radius 3 is 1.96 bits per heavy atom. The summed E-state index contributed by atoms with van der Waals surface area (Å²) in [5.74, 6) is -1.64. The maximum atomic E-state index is 12.4. The lowest BCUT2D eigenvalue weighted by Crippen LogP contribution is -2.32. The third kappa shape index (κ3) is 2.96. The van der Waals surface area contributed by atoms with Crippen molar-refractivity contribution < 1.29 is 14.4 Å². The maximum Gasteiger partial charge on any atom is 0.334 e. The Morgan fingerprint density at radius 1 is 0.739 bits per heavy atom. The largest absolute Gasteiger partial charge is 0.334 e. The van der Waals surface area contributed by atoms with Crippen molar-refractivity contribution in [3.05, 3.63) is 70.7 Å². The number of benzene rings is 2. The van der Waals surface area contributed by atoms with E-state index in [2.05, 4.69) is 0 Å². The molecule has 3 rings (SSSR count). The predicted octanol–water partition coefficient (Wildman–Crippen LogP) is 2.83. The first-order valence-corrected chi connectivity index (χ1v) is 7.40. The minimum absolute atomic E-state index is 0.0195. The fourth-order valence-electron chi connectivity index (χ4n) is 2.39. The zero-order valence-corrected chi connectivity index (χ0v) is 12.9. The van der Waals surface area contributed by atoms with Crippen LogP contribution in [0, 0.1) is 0 Å². The van der Waals surface area contributed by atoms with Gasteiger partial charge in [-0.25, -0.2) is 4.79 Å². The van der Waals surface area contributed by atoms with Gasteiger partial charge in [0.2, 0.25) is 0 Å². The molecule has 0 unspecified atom stereocenters. The summed E-state index contributed by atoms with van der Waals surface area (Å²) in [5, 5.41) is 0.446. The summed E-state index contributed by atoms with van der Waals surface area (Å²) >= 11 is 6.05. The number of urea groups is 1. The van der Waals surface area contributed by atoms with Crippen molar-refractivity contribution in [2.24, 2.45) is 0 Å². The van der Waals surface area contributed by atoms with E-state index in [0.29, 0.717) is 10.6 Å². The van der Waals surface area contributed by atoms with Gasteiger partial charge in [-0.3, -0.25) is 19.4 Å². The molecule has 0 saturated carbocycles. The van der Waals surface area contributed by atoms with Crippen molar-refractivity contribution >= 4 is 29.4 Å². The molecule has 0 radical (unpaired) electrons. The van der Waals surface area contributed by atoms with Crippen LogP contribution < -0.4 is 0 Å². The van der Waals surface area contributed by atoms with Crippen LogP contribution in [0.1, 0.15) is 11.1 Å². The second-order valence-electron chi connectivity index (χ2n) is 5.14. The number of imide groups is 2. The highest BCUT2D eigenvalue weighted by atomic mass is 35.5. The van der Waals surface area contributed by atoms with E-state index in [1.54, 1.807) is 36.4 Å². The zero-order valence-electron chi connectivity index (χ0n) is 12.1. The lowest BCUT2D eigenvalue weighted by Gasteiger charge is -2.16. The molecular weight excluding hydrogens is 316 g/mol. The summed E-state index contributed by atoms with van der Waals surface area (Å²) < 4.78 is 0. The van der Waals surface area contributed by atoms with Crippen LogP contribution in [0.5, 0.6) is 0 Å². The van der Waals surface area contributed by atoms with Crippen molar-refractivity contribution in [2.75, 3.05) is 0 Å². The number of halogens is 1. The molecule has 2 aromatic rings. The third-order valence-corrected chi connectivity index (χ3v) is 3.97. The van der Waals surface area contributed by atoms with Gasteiger partial charge in [-0.2, -0.15) is 0 Å². The van der Waals surface area contributed by atoms with Gasteiger partial charge in [-0.1, -0.05) is 60.1 Å². The number of carbonyl (C=O) groups excluding carboxylic acids is 3. The van der Waals surface area contributed by atoms with Gasteiger partial charge in [0.15, 0.2) is 0 Å². The van der Waals surface area contributed by atoms with Crippen LogP contribution >= 0.6 is 11.6 Å². The summed E-state index contributed by atoms with van der Waals surface area (Å²) in [7, 11) is 0. The first-order valence-electron chi connectivity index (χ1n) is 7.02. The van der Waals surface area contributed by atoms with E-state index in [9.17, 15) is 14.4 Å². The van der Waals surface area contributed by atoms with Crippen LogP contribution in [0.3, 0.4) is 0 Å². The first kappa shape index (κ1) is 15.2. The second-order valence-corrected chi connectivity index (χ2v) is 5.55. The molecule has 116 valence electrons.